The maximum Gasteiger partial charge on any atom is 0.328 e. The second-order valence-corrected chi connectivity index (χ2v) is 5.98. The Morgan fingerprint density at radius 1 is 1.36 bits per heavy atom. The number of ether oxygens (including phenoxy) is 1. The Labute approximate surface area is 142 Å². The quantitative estimate of drug-likeness (QED) is 0.734. The number of aliphatic carboxylic acids is 1. The Balaban J connectivity index is 2.29. The van der Waals surface area contributed by atoms with Gasteiger partial charge < -0.3 is 9.84 Å². The molecule has 0 aliphatic carbocycles. The Bertz CT molecular complexity index is 726. The minimum atomic E-state index is -1.03. The first-order valence-electron chi connectivity index (χ1n) is 6.54. The summed E-state index contributed by atoms with van der Waals surface area (Å²) in [5.41, 5.74) is 2.81. The maximum atomic E-state index is 10.7. The number of rotatable bonds is 5. The average Bonchev–Trinajstić information content (AvgIpc) is 2.45. The molecule has 0 amide bonds. The van der Waals surface area contributed by atoms with Crippen LogP contribution in [0.2, 0.25) is 5.02 Å². The molecule has 0 saturated carbocycles. The monoisotopic (exact) mass is 380 g/mol. The van der Waals surface area contributed by atoms with Crippen LogP contribution in [0.1, 0.15) is 16.7 Å². The van der Waals surface area contributed by atoms with Gasteiger partial charge in [0.2, 0.25) is 0 Å². The highest BCUT2D eigenvalue weighted by atomic mass is 79.9. The summed E-state index contributed by atoms with van der Waals surface area (Å²) in [5, 5.41) is 9.28. The molecule has 5 heteroatoms. The molecular weight excluding hydrogens is 368 g/mol. The number of hydrogen-bond donors (Lipinski definition) is 1. The van der Waals surface area contributed by atoms with Crippen LogP contribution in [0.25, 0.3) is 6.08 Å². The molecule has 1 N–H and O–H groups in total. The van der Waals surface area contributed by atoms with E-state index in [0.29, 0.717) is 27.4 Å². The summed E-state index contributed by atoms with van der Waals surface area (Å²) in [6, 6.07) is 11.3. The molecule has 2 rings (SSSR count). The van der Waals surface area contributed by atoms with Gasteiger partial charge in [0.05, 0.1) is 4.47 Å². The zero-order valence-electron chi connectivity index (χ0n) is 11.8. The molecule has 0 aliphatic heterocycles. The van der Waals surface area contributed by atoms with Crippen LogP contribution < -0.4 is 4.74 Å². The Kier molecular flexibility index (Phi) is 5.63. The van der Waals surface area contributed by atoms with E-state index >= 15 is 0 Å². The van der Waals surface area contributed by atoms with Gasteiger partial charge in [-0.2, -0.15) is 0 Å². The zero-order valence-corrected chi connectivity index (χ0v) is 14.2. The number of halogens is 2. The van der Waals surface area contributed by atoms with Gasteiger partial charge in [0.15, 0.2) is 0 Å². The fourth-order valence-corrected chi connectivity index (χ4v) is 2.89. The molecule has 0 unspecified atom stereocenters. The molecule has 22 heavy (non-hydrogen) atoms. The first kappa shape index (κ1) is 16.6. The first-order valence-corrected chi connectivity index (χ1v) is 7.72. The van der Waals surface area contributed by atoms with Gasteiger partial charge in [-0.25, -0.2) is 4.79 Å². The van der Waals surface area contributed by atoms with Crippen LogP contribution in [0.15, 0.2) is 46.9 Å². The van der Waals surface area contributed by atoms with E-state index in [1.165, 1.54) is 6.08 Å². The third kappa shape index (κ3) is 4.36. The predicted molar refractivity (Wildman–Crippen MR) is 91.3 cm³/mol. The largest absolute Gasteiger partial charge is 0.487 e. The van der Waals surface area contributed by atoms with Crippen LogP contribution in [-0.2, 0) is 11.4 Å². The summed E-state index contributed by atoms with van der Waals surface area (Å²) >= 11 is 9.42. The molecule has 0 aromatic heterocycles. The molecule has 0 heterocycles. The lowest BCUT2D eigenvalue weighted by Crippen LogP contribution is -2.00. The highest BCUT2D eigenvalue weighted by molar-refractivity contribution is 9.10. The van der Waals surface area contributed by atoms with Crippen molar-refractivity contribution < 1.29 is 14.6 Å². The highest BCUT2D eigenvalue weighted by Crippen LogP contribution is 2.34. The van der Waals surface area contributed by atoms with Crippen molar-refractivity contribution in [3.63, 3.8) is 0 Å². The number of carboxylic acid groups (broad SMARTS) is 1. The highest BCUT2D eigenvalue weighted by Gasteiger charge is 2.10. The summed E-state index contributed by atoms with van der Waals surface area (Å²) in [6.45, 7) is 2.40. The standard InChI is InChI=1S/C17H14BrClO3/c1-11-4-2-3-5-13(11)10-22-17-12(6-7-16(20)21)8-14(19)9-15(17)18/h2-9H,10H2,1H3,(H,20,21). The Morgan fingerprint density at radius 2 is 2.09 bits per heavy atom. The number of carboxylic acids is 1. The summed E-state index contributed by atoms with van der Waals surface area (Å²) in [5.74, 6) is -0.467. The van der Waals surface area contributed by atoms with Crippen LogP contribution in [0.3, 0.4) is 0 Å². The SMILES string of the molecule is Cc1ccccc1COc1c(Br)cc(Cl)cc1C=CC(=O)O. The molecule has 2 aromatic rings. The maximum absolute atomic E-state index is 10.7. The summed E-state index contributed by atoms with van der Waals surface area (Å²) in [4.78, 5) is 10.7. The summed E-state index contributed by atoms with van der Waals surface area (Å²) < 4.78 is 6.55. The lowest BCUT2D eigenvalue weighted by molar-refractivity contribution is -0.131. The molecule has 0 atom stereocenters. The smallest absolute Gasteiger partial charge is 0.328 e. The van der Waals surface area contributed by atoms with Gasteiger partial charge in [-0.1, -0.05) is 35.9 Å². The van der Waals surface area contributed by atoms with Crippen LogP contribution in [0, 0.1) is 6.92 Å². The van der Waals surface area contributed by atoms with E-state index in [-0.39, 0.29) is 0 Å². The Hall–Kier alpha value is -1.78. The second kappa shape index (κ2) is 7.47. The predicted octanol–water partition coefficient (Wildman–Crippen LogP) is 5.09. The van der Waals surface area contributed by atoms with Crippen molar-refractivity contribution in [2.75, 3.05) is 0 Å². The fourth-order valence-electron chi connectivity index (χ4n) is 1.94. The molecule has 3 nitrogen and oxygen atoms in total. The van der Waals surface area contributed by atoms with Crippen molar-refractivity contribution in [3.8, 4) is 5.75 Å². The molecule has 2 aromatic carbocycles. The van der Waals surface area contributed by atoms with Crippen molar-refractivity contribution in [2.45, 2.75) is 13.5 Å². The molecule has 0 fully saturated rings. The third-order valence-corrected chi connectivity index (χ3v) is 3.88. The molecular formula is C17H14BrClO3. The van der Waals surface area contributed by atoms with Gasteiger partial charge in [0.25, 0.3) is 0 Å². The van der Waals surface area contributed by atoms with Gasteiger partial charge in [-0.05, 0) is 52.2 Å². The van der Waals surface area contributed by atoms with Gasteiger partial charge in [0, 0.05) is 16.7 Å². The minimum absolute atomic E-state index is 0.390. The van der Waals surface area contributed by atoms with Crippen molar-refractivity contribution in [1.29, 1.82) is 0 Å². The van der Waals surface area contributed by atoms with Crippen LogP contribution in [0.4, 0.5) is 0 Å². The molecule has 0 radical (unpaired) electrons. The Morgan fingerprint density at radius 3 is 2.77 bits per heavy atom. The van der Waals surface area contributed by atoms with E-state index in [4.69, 9.17) is 21.4 Å². The molecule has 0 saturated heterocycles. The first-order chi connectivity index (χ1) is 10.5. The summed E-state index contributed by atoms with van der Waals surface area (Å²) in [6.07, 6.45) is 2.52. The fraction of sp³-hybridized carbons (Fsp3) is 0.118. The number of aryl methyl sites for hydroxylation is 1. The van der Waals surface area contributed by atoms with Gasteiger partial charge in [-0.3, -0.25) is 0 Å². The molecule has 0 aliphatic rings. The van der Waals surface area contributed by atoms with Crippen LogP contribution in [-0.4, -0.2) is 11.1 Å². The van der Waals surface area contributed by atoms with E-state index < -0.39 is 5.97 Å². The second-order valence-electron chi connectivity index (χ2n) is 4.69. The lowest BCUT2D eigenvalue weighted by atomic mass is 10.1. The van der Waals surface area contributed by atoms with Crippen molar-refractivity contribution in [3.05, 3.63) is 68.7 Å². The van der Waals surface area contributed by atoms with E-state index in [1.807, 2.05) is 31.2 Å². The third-order valence-electron chi connectivity index (χ3n) is 3.08. The van der Waals surface area contributed by atoms with E-state index in [1.54, 1.807) is 12.1 Å². The van der Waals surface area contributed by atoms with Crippen molar-refractivity contribution in [2.24, 2.45) is 0 Å². The minimum Gasteiger partial charge on any atom is -0.487 e. The molecule has 114 valence electrons. The lowest BCUT2D eigenvalue weighted by Gasteiger charge is -2.13. The van der Waals surface area contributed by atoms with Crippen LogP contribution in [0.5, 0.6) is 5.75 Å². The van der Waals surface area contributed by atoms with Gasteiger partial charge in [0.1, 0.15) is 12.4 Å². The number of carbonyl (C=O) groups is 1. The summed E-state index contributed by atoms with van der Waals surface area (Å²) in [7, 11) is 0. The average molecular weight is 382 g/mol. The van der Waals surface area contributed by atoms with Crippen molar-refractivity contribution >= 4 is 39.6 Å². The van der Waals surface area contributed by atoms with Crippen LogP contribution >= 0.6 is 27.5 Å². The van der Waals surface area contributed by atoms with Gasteiger partial charge >= 0.3 is 5.97 Å². The number of hydrogen-bond acceptors (Lipinski definition) is 2. The van der Waals surface area contributed by atoms with Gasteiger partial charge in [-0.15, -0.1) is 0 Å². The van der Waals surface area contributed by atoms with E-state index in [2.05, 4.69) is 15.9 Å². The van der Waals surface area contributed by atoms with E-state index in [0.717, 1.165) is 17.2 Å². The molecule has 0 bridgehead atoms. The van der Waals surface area contributed by atoms with Crippen molar-refractivity contribution in [1.82, 2.24) is 0 Å². The zero-order chi connectivity index (χ0) is 16.1. The molecule has 0 spiro atoms. The topological polar surface area (TPSA) is 46.5 Å². The number of benzene rings is 2. The van der Waals surface area contributed by atoms with E-state index in [9.17, 15) is 4.79 Å². The normalized spacial score (nSPS) is 10.9.